The van der Waals surface area contributed by atoms with Gasteiger partial charge in [0.25, 0.3) is 0 Å². The van der Waals surface area contributed by atoms with E-state index in [0.29, 0.717) is 6.04 Å². The standard InChI is InChI=1S/C15H25N3/c1-10(2)12-6-4-5-7-14(12)18-15-9-8-13(16)11(3)17-15/h8-10,12,14H,4-7,16H2,1-3H3,(H,17,18). The highest BCUT2D eigenvalue weighted by Crippen LogP contribution is 2.32. The van der Waals surface area contributed by atoms with Crippen LogP contribution in [0.1, 0.15) is 45.2 Å². The van der Waals surface area contributed by atoms with Gasteiger partial charge in [-0.15, -0.1) is 0 Å². The highest BCUT2D eigenvalue weighted by Gasteiger charge is 2.27. The zero-order chi connectivity index (χ0) is 13.1. The summed E-state index contributed by atoms with van der Waals surface area (Å²) < 4.78 is 0. The Kier molecular flexibility index (Phi) is 4.10. The van der Waals surface area contributed by atoms with Crippen LogP contribution in [0.3, 0.4) is 0 Å². The molecule has 0 bridgehead atoms. The van der Waals surface area contributed by atoms with Gasteiger partial charge in [0.15, 0.2) is 0 Å². The average molecular weight is 247 g/mol. The molecule has 100 valence electrons. The van der Waals surface area contributed by atoms with Gasteiger partial charge in [0, 0.05) is 6.04 Å². The van der Waals surface area contributed by atoms with E-state index in [1.165, 1.54) is 25.7 Å². The Hall–Kier alpha value is -1.25. The van der Waals surface area contributed by atoms with E-state index in [9.17, 15) is 0 Å². The van der Waals surface area contributed by atoms with Crippen molar-refractivity contribution in [1.29, 1.82) is 0 Å². The largest absolute Gasteiger partial charge is 0.397 e. The van der Waals surface area contributed by atoms with E-state index in [0.717, 1.165) is 29.0 Å². The molecule has 18 heavy (non-hydrogen) atoms. The second kappa shape index (κ2) is 5.59. The topological polar surface area (TPSA) is 50.9 Å². The third kappa shape index (κ3) is 2.95. The molecule has 3 N–H and O–H groups in total. The molecule has 1 saturated carbocycles. The molecule has 1 aromatic rings. The number of nitrogens with zero attached hydrogens (tertiary/aromatic N) is 1. The summed E-state index contributed by atoms with van der Waals surface area (Å²) in [6, 6.07) is 4.50. The fraction of sp³-hybridized carbons (Fsp3) is 0.667. The molecule has 0 aromatic carbocycles. The molecular weight excluding hydrogens is 222 g/mol. The lowest BCUT2D eigenvalue weighted by atomic mass is 9.78. The number of nitrogens with two attached hydrogens (primary N) is 1. The van der Waals surface area contributed by atoms with Crippen molar-refractivity contribution in [3.05, 3.63) is 17.8 Å². The van der Waals surface area contributed by atoms with Gasteiger partial charge in [0.2, 0.25) is 0 Å². The Bertz CT molecular complexity index is 401. The minimum atomic E-state index is 0.564. The first-order chi connectivity index (χ1) is 8.58. The summed E-state index contributed by atoms with van der Waals surface area (Å²) in [5.41, 5.74) is 7.49. The number of pyridine rings is 1. The highest BCUT2D eigenvalue weighted by molar-refractivity contribution is 5.49. The van der Waals surface area contributed by atoms with Crippen molar-refractivity contribution in [3.8, 4) is 0 Å². The molecule has 0 radical (unpaired) electrons. The Labute approximate surface area is 110 Å². The third-order valence-corrected chi connectivity index (χ3v) is 4.14. The minimum absolute atomic E-state index is 0.564. The van der Waals surface area contributed by atoms with Crippen LogP contribution in [0.15, 0.2) is 12.1 Å². The second-order valence-corrected chi connectivity index (χ2v) is 5.81. The fourth-order valence-corrected chi connectivity index (χ4v) is 2.98. The smallest absolute Gasteiger partial charge is 0.126 e. The van der Waals surface area contributed by atoms with Gasteiger partial charge >= 0.3 is 0 Å². The fourth-order valence-electron chi connectivity index (χ4n) is 2.98. The van der Waals surface area contributed by atoms with E-state index < -0.39 is 0 Å². The number of nitrogens with one attached hydrogen (secondary N) is 1. The summed E-state index contributed by atoms with van der Waals surface area (Å²) in [5, 5.41) is 3.61. The molecule has 1 aliphatic carbocycles. The quantitative estimate of drug-likeness (QED) is 0.858. The van der Waals surface area contributed by atoms with Crippen molar-refractivity contribution < 1.29 is 0 Å². The van der Waals surface area contributed by atoms with E-state index in [4.69, 9.17) is 5.73 Å². The predicted octanol–water partition coefficient (Wildman–Crippen LogP) is 3.60. The van der Waals surface area contributed by atoms with E-state index in [1.807, 2.05) is 19.1 Å². The van der Waals surface area contributed by atoms with Gasteiger partial charge < -0.3 is 11.1 Å². The number of aromatic nitrogens is 1. The Morgan fingerprint density at radius 1 is 1.28 bits per heavy atom. The molecule has 1 aromatic heterocycles. The summed E-state index contributed by atoms with van der Waals surface area (Å²) in [6.07, 6.45) is 5.29. The van der Waals surface area contributed by atoms with Crippen molar-refractivity contribution in [3.63, 3.8) is 0 Å². The molecule has 0 aliphatic heterocycles. The summed E-state index contributed by atoms with van der Waals surface area (Å²) in [6.45, 7) is 6.61. The van der Waals surface area contributed by atoms with E-state index in [2.05, 4.69) is 24.1 Å². The van der Waals surface area contributed by atoms with Gasteiger partial charge in [-0.05, 0) is 43.7 Å². The van der Waals surface area contributed by atoms with Gasteiger partial charge in [-0.1, -0.05) is 26.7 Å². The average Bonchev–Trinajstić information content (AvgIpc) is 2.34. The molecule has 2 rings (SSSR count). The van der Waals surface area contributed by atoms with Crippen LogP contribution in [0.2, 0.25) is 0 Å². The van der Waals surface area contributed by atoms with Crippen molar-refractivity contribution in [1.82, 2.24) is 4.98 Å². The molecule has 2 atom stereocenters. The molecular formula is C15H25N3. The van der Waals surface area contributed by atoms with Crippen molar-refractivity contribution in [2.24, 2.45) is 11.8 Å². The number of hydrogen-bond donors (Lipinski definition) is 2. The monoisotopic (exact) mass is 247 g/mol. The Morgan fingerprint density at radius 3 is 2.67 bits per heavy atom. The Morgan fingerprint density at radius 2 is 2.00 bits per heavy atom. The highest BCUT2D eigenvalue weighted by atomic mass is 15.0. The van der Waals surface area contributed by atoms with Crippen LogP contribution in [-0.2, 0) is 0 Å². The van der Waals surface area contributed by atoms with Crippen LogP contribution in [-0.4, -0.2) is 11.0 Å². The van der Waals surface area contributed by atoms with Crippen LogP contribution >= 0.6 is 0 Å². The summed E-state index contributed by atoms with van der Waals surface area (Å²) in [7, 11) is 0. The molecule has 0 amide bonds. The van der Waals surface area contributed by atoms with Gasteiger partial charge in [-0.3, -0.25) is 0 Å². The summed E-state index contributed by atoms with van der Waals surface area (Å²) in [4.78, 5) is 4.52. The second-order valence-electron chi connectivity index (χ2n) is 5.81. The van der Waals surface area contributed by atoms with Gasteiger partial charge in [0.1, 0.15) is 5.82 Å². The van der Waals surface area contributed by atoms with Crippen LogP contribution < -0.4 is 11.1 Å². The van der Waals surface area contributed by atoms with E-state index in [-0.39, 0.29) is 0 Å². The number of rotatable bonds is 3. The van der Waals surface area contributed by atoms with Crippen molar-refractivity contribution in [2.75, 3.05) is 11.1 Å². The van der Waals surface area contributed by atoms with Crippen LogP contribution in [0.25, 0.3) is 0 Å². The first kappa shape index (κ1) is 13.2. The summed E-state index contributed by atoms with van der Waals surface area (Å²) in [5.74, 6) is 2.47. The summed E-state index contributed by atoms with van der Waals surface area (Å²) >= 11 is 0. The minimum Gasteiger partial charge on any atom is -0.397 e. The van der Waals surface area contributed by atoms with E-state index >= 15 is 0 Å². The normalized spacial score (nSPS) is 24.2. The number of anilines is 2. The van der Waals surface area contributed by atoms with Gasteiger partial charge in [0.05, 0.1) is 11.4 Å². The number of nitrogen functional groups attached to an aromatic ring is 1. The number of aryl methyl sites for hydroxylation is 1. The van der Waals surface area contributed by atoms with Crippen LogP contribution in [0.4, 0.5) is 11.5 Å². The molecule has 1 aliphatic rings. The lowest BCUT2D eigenvalue weighted by molar-refractivity contribution is 0.253. The maximum atomic E-state index is 5.81. The first-order valence-electron chi connectivity index (χ1n) is 7.07. The number of hydrogen-bond acceptors (Lipinski definition) is 3. The molecule has 2 unspecified atom stereocenters. The molecule has 1 fully saturated rings. The molecule has 1 heterocycles. The lowest BCUT2D eigenvalue weighted by Crippen LogP contribution is -2.35. The third-order valence-electron chi connectivity index (χ3n) is 4.14. The molecule has 3 nitrogen and oxygen atoms in total. The Balaban J connectivity index is 2.08. The van der Waals surface area contributed by atoms with Crippen LogP contribution in [0.5, 0.6) is 0 Å². The zero-order valence-electron chi connectivity index (χ0n) is 11.7. The van der Waals surface area contributed by atoms with Crippen LogP contribution in [0, 0.1) is 18.8 Å². The van der Waals surface area contributed by atoms with E-state index in [1.54, 1.807) is 0 Å². The predicted molar refractivity (Wildman–Crippen MR) is 77.6 cm³/mol. The molecule has 0 saturated heterocycles. The van der Waals surface area contributed by atoms with Gasteiger partial charge in [-0.25, -0.2) is 4.98 Å². The first-order valence-corrected chi connectivity index (χ1v) is 7.07. The molecule has 0 spiro atoms. The van der Waals surface area contributed by atoms with Gasteiger partial charge in [-0.2, -0.15) is 0 Å². The SMILES string of the molecule is Cc1nc(NC2CCCCC2C(C)C)ccc1N. The van der Waals surface area contributed by atoms with Crippen molar-refractivity contribution in [2.45, 2.75) is 52.5 Å². The lowest BCUT2D eigenvalue weighted by Gasteiger charge is -2.35. The maximum Gasteiger partial charge on any atom is 0.126 e. The molecule has 3 heteroatoms. The van der Waals surface area contributed by atoms with Crippen molar-refractivity contribution >= 4 is 11.5 Å². The zero-order valence-corrected chi connectivity index (χ0v) is 11.7. The maximum absolute atomic E-state index is 5.81.